The van der Waals surface area contributed by atoms with Crippen LogP contribution in [0.25, 0.3) is 0 Å². The van der Waals surface area contributed by atoms with Crippen LogP contribution in [0.4, 0.5) is 0 Å². The largest absolute Gasteiger partial charge is 0.426 e. The van der Waals surface area contributed by atoms with Crippen molar-refractivity contribution in [2.24, 2.45) is 0 Å². The standard InChI is InChI=1S/C33H55N3O9/c1-25(38)28(9-6-7-16-34-30(39)15-18-43-21-22-44-20-19-42-5)36-31(40)10-8-11-32(41)45-29-13-12-26(23-27(29)24-37)14-17-35-33(2,3)4/h12-13,23,28,35,37H,6-11,14-22,24H2,1-5H3,(H,34,39)(H,36,40). The van der Waals surface area contributed by atoms with Crippen LogP contribution in [0, 0.1) is 0 Å². The summed E-state index contributed by atoms with van der Waals surface area (Å²) in [5.41, 5.74) is 1.56. The summed E-state index contributed by atoms with van der Waals surface area (Å²) in [5, 5.41) is 18.7. The number of hydrogen-bond donors (Lipinski definition) is 4. The van der Waals surface area contributed by atoms with Crippen LogP contribution in [0.15, 0.2) is 18.2 Å². The van der Waals surface area contributed by atoms with Crippen molar-refractivity contribution in [3.63, 3.8) is 0 Å². The summed E-state index contributed by atoms with van der Waals surface area (Å²) in [6, 6.07) is 4.76. The molecule has 1 unspecified atom stereocenters. The van der Waals surface area contributed by atoms with Crippen molar-refractivity contribution in [1.29, 1.82) is 0 Å². The molecule has 1 atom stereocenters. The Balaban J connectivity index is 2.27. The van der Waals surface area contributed by atoms with E-state index in [0.717, 1.165) is 18.5 Å². The number of hydrogen-bond acceptors (Lipinski definition) is 10. The number of unbranched alkanes of at least 4 members (excludes halogenated alkanes) is 1. The summed E-state index contributed by atoms with van der Waals surface area (Å²) >= 11 is 0. The Labute approximate surface area is 268 Å². The van der Waals surface area contributed by atoms with Gasteiger partial charge in [-0.25, -0.2) is 0 Å². The van der Waals surface area contributed by atoms with Gasteiger partial charge in [0.2, 0.25) is 11.8 Å². The maximum absolute atomic E-state index is 12.4. The number of amides is 2. The van der Waals surface area contributed by atoms with Crippen molar-refractivity contribution in [2.45, 2.75) is 97.2 Å². The fourth-order valence-electron chi connectivity index (χ4n) is 4.22. The zero-order valence-corrected chi connectivity index (χ0v) is 27.8. The van der Waals surface area contributed by atoms with E-state index in [1.165, 1.54) is 6.92 Å². The second-order valence-corrected chi connectivity index (χ2v) is 11.9. The number of ketones is 1. The van der Waals surface area contributed by atoms with E-state index < -0.39 is 12.0 Å². The van der Waals surface area contributed by atoms with Gasteiger partial charge in [0.1, 0.15) is 5.75 Å². The lowest BCUT2D eigenvalue weighted by atomic mass is 10.1. The Hall–Kier alpha value is -2.90. The van der Waals surface area contributed by atoms with Crippen LogP contribution < -0.4 is 20.7 Å². The number of nitrogens with one attached hydrogen (secondary N) is 3. The number of aliphatic hydroxyl groups is 1. The number of Topliss-reactive ketones (excluding diaryl/α,β-unsaturated/α-hetero) is 1. The number of methoxy groups -OCH3 is 1. The minimum absolute atomic E-state index is 0.0113. The van der Waals surface area contributed by atoms with E-state index in [2.05, 4.69) is 36.7 Å². The van der Waals surface area contributed by atoms with Gasteiger partial charge in [0.25, 0.3) is 0 Å². The van der Waals surface area contributed by atoms with Gasteiger partial charge in [-0.05, 0) is 84.0 Å². The average Bonchev–Trinajstić information content (AvgIpc) is 2.97. The lowest BCUT2D eigenvalue weighted by Gasteiger charge is -2.20. The lowest BCUT2D eigenvalue weighted by molar-refractivity contribution is -0.134. The fourth-order valence-corrected chi connectivity index (χ4v) is 4.22. The van der Waals surface area contributed by atoms with Crippen molar-refractivity contribution in [2.75, 3.05) is 53.2 Å². The van der Waals surface area contributed by atoms with Crippen LogP contribution in [-0.2, 0) is 46.4 Å². The van der Waals surface area contributed by atoms with Gasteiger partial charge >= 0.3 is 5.97 Å². The summed E-state index contributed by atoms with van der Waals surface area (Å²) in [6.45, 7) is 10.9. The second kappa shape index (κ2) is 23.4. The molecule has 0 radical (unpaired) electrons. The van der Waals surface area contributed by atoms with E-state index in [1.807, 2.05) is 12.1 Å². The zero-order valence-electron chi connectivity index (χ0n) is 27.8. The van der Waals surface area contributed by atoms with Crippen LogP contribution in [0.3, 0.4) is 0 Å². The molecule has 4 N–H and O–H groups in total. The highest BCUT2D eigenvalue weighted by atomic mass is 16.5. The molecule has 12 nitrogen and oxygen atoms in total. The minimum atomic E-state index is -0.621. The molecule has 12 heteroatoms. The van der Waals surface area contributed by atoms with E-state index in [1.54, 1.807) is 13.2 Å². The van der Waals surface area contributed by atoms with Gasteiger partial charge in [0.05, 0.1) is 45.7 Å². The lowest BCUT2D eigenvalue weighted by Crippen LogP contribution is -2.39. The third kappa shape index (κ3) is 20.7. The fraction of sp³-hybridized carbons (Fsp3) is 0.697. The first-order chi connectivity index (χ1) is 21.4. The topological polar surface area (TPSA) is 162 Å². The Morgan fingerprint density at radius 2 is 1.58 bits per heavy atom. The van der Waals surface area contributed by atoms with Crippen LogP contribution in [0.2, 0.25) is 0 Å². The molecule has 0 aromatic heterocycles. The highest BCUT2D eigenvalue weighted by Gasteiger charge is 2.18. The van der Waals surface area contributed by atoms with Crippen LogP contribution in [0.1, 0.15) is 83.8 Å². The second-order valence-electron chi connectivity index (χ2n) is 11.9. The van der Waals surface area contributed by atoms with Crippen molar-refractivity contribution < 1.29 is 43.2 Å². The number of carbonyl (C=O) groups excluding carboxylic acids is 4. The first-order valence-corrected chi connectivity index (χ1v) is 15.8. The molecule has 0 bridgehead atoms. The zero-order chi connectivity index (χ0) is 33.5. The number of esters is 1. The number of aliphatic hydroxyl groups excluding tert-OH is 1. The molecular formula is C33H55N3O9. The van der Waals surface area contributed by atoms with E-state index in [0.29, 0.717) is 70.2 Å². The molecule has 0 spiro atoms. The SMILES string of the molecule is COCCOCCOCCC(=O)NCCCCC(NC(=O)CCCC(=O)Oc1ccc(CCNC(C)(C)C)cc1CO)C(C)=O. The molecule has 256 valence electrons. The average molecular weight is 638 g/mol. The van der Waals surface area contributed by atoms with E-state index in [-0.39, 0.29) is 55.4 Å². The van der Waals surface area contributed by atoms with Crippen LogP contribution in [0.5, 0.6) is 5.75 Å². The van der Waals surface area contributed by atoms with Gasteiger partial charge in [0.15, 0.2) is 5.78 Å². The Morgan fingerprint density at radius 3 is 2.24 bits per heavy atom. The summed E-state index contributed by atoms with van der Waals surface area (Å²) < 4.78 is 21.0. The first-order valence-electron chi connectivity index (χ1n) is 15.8. The molecule has 0 saturated heterocycles. The quantitative estimate of drug-likeness (QED) is 0.0713. The highest BCUT2D eigenvalue weighted by Crippen LogP contribution is 2.21. The van der Waals surface area contributed by atoms with Gasteiger partial charge in [-0.15, -0.1) is 0 Å². The number of rotatable bonds is 25. The maximum atomic E-state index is 12.4. The van der Waals surface area contributed by atoms with E-state index in [4.69, 9.17) is 18.9 Å². The van der Waals surface area contributed by atoms with Gasteiger partial charge in [-0.1, -0.05) is 6.07 Å². The van der Waals surface area contributed by atoms with Crippen molar-refractivity contribution in [1.82, 2.24) is 16.0 Å². The molecule has 0 heterocycles. The smallest absolute Gasteiger partial charge is 0.311 e. The van der Waals surface area contributed by atoms with Gasteiger partial charge < -0.3 is 40.0 Å². The molecule has 1 aromatic rings. The summed E-state index contributed by atoms with van der Waals surface area (Å²) in [4.78, 5) is 48.8. The van der Waals surface area contributed by atoms with Gasteiger partial charge in [0, 0.05) is 44.0 Å². The summed E-state index contributed by atoms with van der Waals surface area (Å²) in [5.74, 6) is -0.767. The number of ether oxygens (including phenoxy) is 4. The normalized spacial score (nSPS) is 12.0. The summed E-state index contributed by atoms with van der Waals surface area (Å²) in [6.07, 6.45) is 3.14. The minimum Gasteiger partial charge on any atom is -0.426 e. The number of carbonyl (C=O) groups is 4. The molecule has 0 aliphatic rings. The first kappa shape index (κ1) is 40.1. The highest BCUT2D eigenvalue weighted by molar-refractivity contribution is 5.87. The van der Waals surface area contributed by atoms with Gasteiger partial charge in [-0.3, -0.25) is 19.2 Å². The van der Waals surface area contributed by atoms with Gasteiger partial charge in [-0.2, -0.15) is 0 Å². The molecule has 0 aliphatic carbocycles. The third-order valence-electron chi connectivity index (χ3n) is 6.72. The molecular weight excluding hydrogens is 582 g/mol. The van der Waals surface area contributed by atoms with Crippen LogP contribution in [-0.4, -0.2) is 93.5 Å². The Bertz CT molecular complexity index is 1030. The molecule has 1 aromatic carbocycles. The molecule has 1 rings (SSSR count). The summed E-state index contributed by atoms with van der Waals surface area (Å²) in [7, 11) is 1.61. The predicted molar refractivity (Wildman–Crippen MR) is 171 cm³/mol. The third-order valence-corrected chi connectivity index (χ3v) is 6.72. The van der Waals surface area contributed by atoms with E-state index >= 15 is 0 Å². The molecule has 2 amide bonds. The molecule has 0 fully saturated rings. The van der Waals surface area contributed by atoms with Crippen molar-refractivity contribution in [3.8, 4) is 5.75 Å². The van der Waals surface area contributed by atoms with Crippen molar-refractivity contribution in [3.05, 3.63) is 29.3 Å². The molecule has 0 aliphatic heterocycles. The Kier molecular flexibility index (Phi) is 20.9. The number of benzene rings is 1. The molecule has 45 heavy (non-hydrogen) atoms. The van der Waals surface area contributed by atoms with Crippen LogP contribution >= 0.6 is 0 Å². The monoisotopic (exact) mass is 637 g/mol. The predicted octanol–water partition coefficient (Wildman–Crippen LogP) is 2.62. The van der Waals surface area contributed by atoms with Crippen molar-refractivity contribution >= 4 is 23.6 Å². The maximum Gasteiger partial charge on any atom is 0.311 e. The Morgan fingerprint density at radius 1 is 0.867 bits per heavy atom. The van der Waals surface area contributed by atoms with E-state index in [9.17, 15) is 24.3 Å². The molecule has 0 saturated carbocycles.